The lowest BCUT2D eigenvalue weighted by atomic mass is 9.91. The van der Waals surface area contributed by atoms with E-state index in [1.54, 1.807) is 0 Å². The fourth-order valence-corrected chi connectivity index (χ4v) is 2.27. The third-order valence-electron chi connectivity index (χ3n) is 3.01. The molecule has 0 bridgehead atoms. The SMILES string of the molecule is c1cnc2c(c1)CCC1(C2)OCCO1. The average molecular weight is 191 g/mol. The van der Waals surface area contributed by atoms with Crippen LogP contribution in [0.2, 0.25) is 0 Å². The minimum absolute atomic E-state index is 0.346. The van der Waals surface area contributed by atoms with Gasteiger partial charge < -0.3 is 9.47 Å². The molecule has 1 aliphatic carbocycles. The van der Waals surface area contributed by atoms with Gasteiger partial charge in [-0.05, 0) is 18.1 Å². The van der Waals surface area contributed by atoms with Crippen LogP contribution in [0.3, 0.4) is 0 Å². The molecule has 1 fully saturated rings. The minimum atomic E-state index is -0.346. The van der Waals surface area contributed by atoms with Gasteiger partial charge in [0.05, 0.1) is 13.2 Å². The molecule has 74 valence electrons. The summed E-state index contributed by atoms with van der Waals surface area (Å²) in [6.07, 6.45) is 4.63. The third-order valence-corrected chi connectivity index (χ3v) is 3.01. The van der Waals surface area contributed by atoms with Gasteiger partial charge in [-0.2, -0.15) is 0 Å². The molecule has 3 rings (SSSR count). The highest BCUT2D eigenvalue weighted by atomic mass is 16.7. The van der Waals surface area contributed by atoms with Crippen LogP contribution in [0.5, 0.6) is 0 Å². The van der Waals surface area contributed by atoms with Gasteiger partial charge in [0.1, 0.15) is 0 Å². The summed E-state index contributed by atoms with van der Waals surface area (Å²) in [5.74, 6) is -0.346. The first-order valence-corrected chi connectivity index (χ1v) is 5.09. The Kier molecular flexibility index (Phi) is 1.82. The van der Waals surface area contributed by atoms with E-state index in [9.17, 15) is 0 Å². The Labute approximate surface area is 83.1 Å². The van der Waals surface area contributed by atoms with E-state index in [1.807, 2.05) is 12.3 Å². The first-order chi connectivity index (χ1) is 6.88. The molecule has 0 unspecified atom stereocenters. The Morgan fingerprint density at radius 1 is 1.29 bits per heavy atom. The zero-order chi connectivity index (χ0) is 9.43. The number of aromatic nitrogens is 1. The van der Waals surface area contributed by atoms with Crippen molar-refractivity contribution in [1.82, 2.24) is 4.98 Å². The summed E-state index contributed by atoms with van der Waals surface area (Å²) >= 11 is 0. The lowest BCUT2D eigenvalue weighted by molar-refractivity contribution is -0.164. The molecule has 0 saturated carbocycles. The summed E-state index contributed by atoms with van der Waals surface area (Å²) in [7, 11) is 0. The molecule has 1 aromatic heterocycles. The van der Waals surface area contributed by atoms with Gasteiger partial charge in [0, 0.05) is 24.7 Å². The molecule has 1 aromatic rings. The number of hydrogen-bond donors (Lipinski definition) is 0. The van der Waals surface area contributed by atoms with E-state index < -0.39 is 0 Å². The number of ether oxygens (including phenoxy) is 2. The average Bonchev–Trinajstić information content (AvgIpc) is 2.66. The maximum absolute atomic E-state index is 5.68. The number of fused-ring (bicyclic) bond motifs is 1. The zero-order valence-electron chi connectivity index (χ0n) is 8.03. The van der Waals surface area contributed by atoms with E-state index in [1.165, 1.54) is 5.56 Å². The molecule has 1 saturated heterocycles. The Bertz CT molecular complexity index is 345. The number of pyridine rings is 1. The van der Waals surface area contributed by atoms with Crippen molar-refractivity contribution in [2.75, 3.05) is 13.2 Å². The van der Waals surface area contributed by atoms with Gasteiger partial charge in [-0.15, -0.1) is 0 Å². The molecule has 2 aliphatic rings. The molecule has 0 radical (unpaired) electrons. The first kappa shape index (κ1) is 8.38. The van der Waals surface area contributed by atoms with Gasteiger partial charge in [-0.1, -0.05) is 6.07 Å². The van der Waals surface area contributed by atoms with Crippen molar-refractivity contribution in [1.29, 1.82) is 0 Å². The van der Waals surface area contributed by atoms with Gasteiger partial charge in [0.2, 0.25) is 0 Å². The predicted octanol–water partition coefficient (Wildman–Crippen LogP) is 1.31. The van der Waals surface area contributed by atoms with Crippen molar-refractivity contribution in [2.24, 2.45) is 0 Å². The van der Waals surface area contributed by atoms with E-state index in [-0.39, 0.29) is 5.79 Å². The third kappa shape index (κ3) is 1.24. The molecule has 3 heteroatoms. The van der Waals surface area contributed by atoms with E-state index in [4.69, 9.17) is 9.47 Å². The Hall–Kier alpha value is -0.930. The highest BCUT2D eigenvalue weighted by Crippen LogP contribution is 2.33. The smallest absolute Gasteiger partial charge is 0.174 e. The van der Waals surface area contributed by atoms with Crippen molar-refractivity contribution in [3.63, 3.8) is 0 Å². The van der Waals surface area contributed by atoms with E-state index in [0.29, 0.717) is 0 Å². The normalized spacial score (nSPS) is 23.7. The van der Waals surface area contributed by atoms with Gasteiger partial charge >= 0.3 is 0 Å². The molecule has 3 nitrogen and oxygen atoms in total. The van der Waals surface area contributed by atoms with Gasteiger partial charge in [0.15, 0.2) is 5.79 Å². The van der Waals surface area contributed by atoms with Crippen molar-refractivity contribution in [2.45, 2.75) is 25.0 Å². The molecular weight excluding hydrogens is 178 g/mol. The quantitative estimate of drug-likeness (QED) is 0.619. The molecule has 1 aliphatic heterocycles. The summed E-state index contributed by atoms with van der Waals surface area (Å²) < 4.78 is 11.4. The van der Waals surface area contributed by atoms with Gasteiger partial charge in [-0.3, -0.25) is 4.98 Å². The highest BCUT2D eigenvalue weighted by molar-refractivity contribution is 5.24. The van der Waals surface area contributed by atoms with Crippen LogP contribution in [-0.4, -0.2) is 24.0 Å². The molecule has 2 heterocycles. The Morgan fingerprint density at radius 2 is 2.14 bits per heavy atom. The largest absolute Gasteiger partial charge is 0.347 e. The van der Waals surface area contributed by atoms with Crippen LogP contribution in [0.25, 0.3) is 0 Å². The summed E-state index contributed by atoms with van der Waals surface area (Å²) in [5, 5.41) is 0. The second-order valence-electron chi connectivity index (χ2n) is 3.89. The summed E-state index contributed by atoms with van der Waals surface area (Å²) in [6.45, 7) is 1.45. The lowest BCUT2D eigenvalue weighted by Crippen LogP contribution is -2.37. The standard InChI is InChI=1S/C11H13NO2/c1-2-9-3-4-11(13-6-7-14-11)8-10(9)12-5-1/h1-2,5H,3-4,6-8H2. The Morgan fingerprint density at radius 3 is 3.00 bits per heavy atom. The molecule has 14 heavy (non-hydrogen) atoms. The molecule has 0 amide bonds. The maximum atomic E-state index is 5.68. The van der Waals surface area contributed by atoms with Crippen LogP contribution in [-0.2, 0) is 22.3 Å². The van der Waals surface area contributed by atoms with Crippen LogP contribution < -0.4 is 0 Å². The lowest BCUT2D eigenvalue weighted by Gasteiger charge is -2.31. The molecular formula is C11H13NO2. The summed E-state index contributed by atoms with van der Waals surface area (Å²) in [6, 6.07) is 4.14. The second-order valence-corrected chi connectivity index (χ2v) is 3.89. The van der Waals surface area contributed by atoms with Crippen LogP contribution >= 0.6 is 0 Å². The van der Waals surface area contributed by atoms with Crippen LogP contribution in [0.15, 0.2) is 18.3 Å². The van der Waals surface area contributed by atoms with Crippen LogP contribution in [0.1, 0.15) is 17.7 Å². The molecule has 1 spiro atoms. The number of hydrogen-bond acceptors (Lipinski definition) is 3. The molecule has 0 atom stereocenters. The van der Waals surface area contributed by atoms with Crippen LogP contribution in [0, 0.1) is 0 Å². The first-order valence-electron chi connectivity index (χ1n) is 5.09. The topological polar surface area (TPSA) is 31.4 Å². The fourth-order valence-electron chi connectivity index (χ4n) is 2.27. The monoisotopic (exact) mass is 191 g/mol. The summed E-state index contributed by atoms with van der Waals surface area (Å²) in [5.41, 5.74) is 2.48. The van der Waals surface area contributed by atoms with E-state index in [0.717, 1.165) is 38.2 Å². The van der Waals surface area contributed by atoms with E-state index in [2.05, 4.69) is 11.1 Å². The van der Waals surface area contributed by atoms with Crippen molar-refractivity contribution in [3.8, 4) is 0 Å². The zero-order valence-corrected chi connectivity index (χ0v) is 8.03. The summed E-state index contributed by atoms with van der Waals surface area (Å²) in [4.78, 5) is 4.38. The highest BCUT2D eigenvalue weighted by Gasteiger charge is 2.40. The second kappa shape index (κ2) is 3.04. The van der Waals surface area contributed by atoms with Gasteiger partial charge in [-0.25, -0.2) is 0 Å². The van der Waals surface area contributed by atoms with E-state index >= 15 is 0 Å². The van der Waals surface area contributed by atoms with Crippen molar-refractivity contribution in [3.05, 3.63) is 29.6 Å². The predicted molar refractivity (Wildman–Crippen MR) is 50.9 cm³/mol. The number of rotatable bonds is 0. The maximum Gasteiger partial charge on any atom is 0.174 e. The Balaban J connectivity index is 1.92. The minimum Gasteiger partial charge on any atom is -0.347 e. The van der Waals surface area contributed by atoms with Crippen molar-refractivity contribution >= 4 is 0 Å². The number of nitrogens with zero attached hydrogens (tertiary/aromatic N) is 1. The fraction of sp³-hybridized carbons (Fsp3) is 0.545. The number of aryl methyl sites for hydroxylation is 1. The molecule has 0 aromatic carbocycles. The van der Waals surface area contributed by atoms with Crippen LogP contribution in [0.4, 0.5) is 0 Å². The van der Waals surface area contributed by atoms with Gasteiger partial charge in [0.25, 0.3) is 0 Å². The molecule has 0 N–H and O–H groups in total. The van der Waals surface area contributed by atoms with Crippen molar-refractivity contribution < 1.29 is 9.47 Å².